The summed E-state index contributed by atoms with van der Waals surface area (Å²) in [5.74, 6) is 0.510. The predicted octanol–water partition coefficient (Wildman–Crippen LogP) is 2.73. The minimum Gasteiger partial charge on any atom is -0.384 e. The van der Waals surface area contributed by atoms with E-state index < -0.39 is 11.6 Å². The first-order chi connectivity index (χ1) is 18.8. The molecule has 202 valence electrons. The van der Waals surface area contributed by atoms with Crippen molar-refractivity contribution < 1.29 is 19.4 Å². The van der Waals surface area contributed by atoms with Crippen LogP contribution in [0.25, 0.3) is 22.3 Å². The number of aliphatic hydroxyl groups excluding tert-OH is 1. The van der Waals surface area contributed by atoms with E-state index in [0.29, 0.717) is 45.1 Å². The van der Waals surface area contributed by atoms with Crippen LogP contribution in [-0.4, -0.2) is 86.8 Å². The molecule has 1 spiro atoms. The molecule has 3 aromatic rings. The quantitative estimate of drug-likeness (QED) is 0.532. The minimum absolute atomic E-state index is 0.0228. The van der Waals surface area contributed by atoms with Gasteiger partial charge in [-0.1, -0.05) is 48.5 Å². The van der Waals surface area contributed by atoms with Gasteiger partial charge in [0.1, 0.15) is 11.9 Å². The Bertz CT molecular complexity index is 1400. The smallest absolute Gasteiger partial charge is 0.258 e. The van der Waals surface area contributed by atoms with E-state index in [1.165, 1.54) is 6.92 Å². The first-order valence-corrected chi connectivity index (χ1v) is 13.5. The van der Waals surface area contributed by atoms with Gasteiger partial charge in [0.15, 0.2) is 5.54 Å². The lowest BCUT2D eigenvalue weighted by molar-refractivity contribution is -0.138. The number of aliphatic imine (C=N–C) groups is 1. The highest BCUT2D eigenvalue weighted by molar-refractivity contribution is 6.15. The van der Waals surface area contributed by atoms with E-state index >= 15 is 0 Å². The lowest BCUT2D eigenvalue weighted by Gasteiger charge is -2.25. The number of ether oxygens (including phenoxy) is 1. The fraction of sp³-hybridized carbons (Fsp3) is 0.400. The molecule has 0 aliphatic carbocycles. The Morgan fingerprint density at radius 3 is 2.28 bits per heavy atom. The first-order valence-electron chi connectivity index (χ1n) is 13.5. The zero-order valence-corrected chi connectivity index (χ0v) is 22.3. The molecule has 3 atom stereocenters. The van der Waals surface area contributed by atoms with Gasteiger partial charge in [0.05, 0.1) is 12.8 Å². The van der Waals surface area contributed by atoms with E-state index in [4.69, 9.17) is 9.73 Å². The lowest BCUT2D eigenvalue weighted by Crippen LogP contribution is -2.45. The number of rotatable bonds is 6. The van der Waals surface area contributed by atoms with Crippen molar-refractivity contribution in [1.29, 1.82) is 0 Å². The number of nitrogens with zero attached hydrogens (tertiary/aromatic N) is 5. The summed E-state index contributed by atoms with van der Waals surface area (Å²) in [5.41, 5.74) is 4.40. The zero-order chi connectivity index (χ0) is 27.1. The summed E-state index contributed by atoms with van der Waals surface area (Å²) < 4.78 is 7.40. The van der Waals surface area contributed by atoms with E-state index in [1.54, 1.807) is 14.5 Å². The van der Waals surface area contributed by atoms with Gasteiger partial charge in [0.25, 0.3) is 11.8 Å². The second kappa shape index (κ2) is 10.1. The third kappa shape index (κ3) is 4.77. The summed E-state index contributed by atoms with van der Waals surface area (Å²) in [5, 5.41) is 14.0. The van der Waals surface area contributed by atoms with Crippen LogP contribution in [0.15, 0.2) is 65.9 Å². The van der Waals surface area contributed by atoms with Crippen molar-refractivity contribution in [3.05, 3.63) is 66.5 Å². The van der Waals surface area contributed by atoms with Gasteiger partial charge in [0, 0.05) is 57.0 Å². The summed E-state index contributed by atoms with van der Waals surface area (Å²) in [6.07, 6.45) is 4.20. The second-order valence-corrected chi connectivity index (χ2v) is 10.9. The van der Waals surface area contributed by atoms with E-state index in [9.17, 15) is 14.7 Å². The van der Waals surface area contributed by atoms with Crippen molar-refractivity contribution >= 4 is 17.6 Å². The van der Waals surface area contributed by atoms with E-state index in [-0.39, 0.29) is 17.7 Å². The molecule has 39 heavy (non-hydrogen) atoms. The Hall–Kier alpha value is -3.82. The number of benzene rings is 2. The van der Waals surface area contributed by atoms with E-state index in [0.717, 1.165) is 34.2 Å². The molecule has 0 bridgehead atoms. The van der Waals surface area contributed by atoms with Crippen LogP contribution in [0.5, 0.6) is 0 Å². The molecular formula is C30H33N5O4. The molecule has 2 amide bonds. The van der Waals surface area contributed by atoms with E-state index in [2.05, 4.69) is 41.5 Å². The minimum atomic E-state index is -1.02. The van der Waals surface area contributed by atoms with E-state index in [1.807, 2.05) is 31.6 Å². The van der Waals surface area contributed by atoms with Crippen LogP contribution < -0.4 is 0 Å². The van der Waals surface area contributed by atoms with Crippen LogP contribution in [0.3, 0.4) is 0 Å². The van der Waals surface area contributed by atoms with Crippen LogP contribution in [0.2, 0.25) is 0 Å². The second-order valence-electron chi connectivity index (χ2n) is 10.9. The molecule has 3 aliphatic rings. The molecular weight excluding hydrogens is 494 g/mol. The molecule has 4 heterocycles. The van der Waals surface area contributed by atoms with Gasteiger partial charge < -0.3 is 14.7 Å². The molecule has 2 fully saturated rings. The maximum absolute atomic E-state index is 13.7. The number of likely N-dealkylation sites (tertiary alicyclic amines) is 1. The van der Waals surface area contributed by atoms with Gasteiger partial charge in [-0.3, -0.25) is 19.2 Å². The summed E-state index contributed by atoms with van der Waals surface area (Å²) >= 11 is 0. The molecule has 2 saturated heterocycles. The molecule has 6 rings (SSSR count). The topological polar surface area (TPSA) is 100 Å². The van der Waals surface area contributed by atoms with Crippen molar-refractivity contribution in [2.45, 2.75) is 31.4 Å². The number of carbonyl (C=O) groups excluding carboxylic acids is 2. The van der Waals surface area contributed by atoms with Crippen molar-refractivity contribution in [1.82, 2.24) is 19.6 Å². The third-order valence-electron chi connectivity index (χ3n) is 8.01. The average Bonchev–Trinajstić information content (AvgIpc) is 3.75. The van der Waals surface area contributed by atoms with Gasteiger partial charge in [-0.15, -0.1) is 0 Å². The van der Waals surface area contributed by atoms with Crippen LogP contribution in [0.4, 0.5) is 0 Å². The first kappa shape index (κ1) is 25.5. The number of aromatic nitrogens is 2. The summed E-state index contributed by atoms with van der Waals surface area (Å²) in [6.45, 7) is 3.91. The van der Waals surface area contributed by atoms with Crippen molar-refractivity contribution in [2.24, 2.45) is 18.0 Å². The SMILES string of the molecule is CC(O)C(=O)N1CCC(CN2C(=O)C3(CCOC3)N=C2c2ccc(-c3ccc(-c4cnn(C)c4)cc3)cc2)C1. The molecule has 3 aliphatic heterocycles. The predicted molar refractivity (Wildman–Crippen MR) is 147 cm³/mol. The molecule has 1 N–H and O–H groups in total. The lowest BCUT2D eigenvalue weighted by atomic mass is 9.98. The number of hydrogen-bond acceptors (Lipinski definition) is 6. The molecule has 3 unspecified atom stereocenters. The zero-order valence-electron chi connectivity index (χ0n) is 22.3. The fourth-order valence-corrected chi connectivity index (χ4v) is 5.80. The standard InChI is InChI=1S/C30H33N5O4/c1-20(36)28(37)34-13-11-21(16-34)17-35-27(32-30(29(35)38)12-14-39-19-30)25-9-7-23(8-10-25)22-3-5-24(6-4-22)26-15-31-33(2)18-26/h3-10,15,18,20-21,36H,11-14,16-17,19H2,1-2H3. The van der Waals surface area contributed by atoms with Crippen LogP contribution in [0.1, 0.15) is 25.3 Å². The number of amides is 2. The highest BCUT2D eigenvalue weighted by atomic mass is 16.5. The number of aryl methyl sites for hydroxylation is 1. The van der Waals surface area contributed by atoms with Crippen molar-refractivity contribution in [3.63, 3.8) is 0 Å². The maximum Gasteiger partial charge on any atom is 0.258 e. The molecule has 2 aromatic carbocycles. The number of carbonyl (C=O) groups is 2. The Morgan fingerprint density at radius 1 is 1.08 bits per heavy atom. The van der Waals surface area contributed by atoms with Crippen molar-refractivity contribution in [2.75, 3.05) is 32.8 Å². The van der Waals surface area contributed by atoms with Crippen LogP contribution in [0, 0.1) is 5.92 Å². The fourth-order valence-electron chi connectivity index (χ4n) is 5.80. The summed E-state index contributed by atoms with van der Waals surface area (Å²) in [4.78, 5) is 34.4. The normalized spacial score (nSPS) is 23.6. The van der Waals surface area contributed by atoms with Crippen LogP contribution in [-0.2, 0) is 21.4 Å². The monoisotopic (exact) mass is 527 g/mol. The van der Waals surface area contributed by atoms with Crippen LogP contribution >= 0.6 is 0 Å². The summed E-state index contributed by atoms with van der Waals surface area (Å²) in [6, 6.07) is 16.6. The van der Waals surface area contributed by atoms with Gasteiger partial charge in [0.2, 0.25) is 0 Å². The third-order valence-corrected chi connectivity index (χ3v) is 8.01. The Kier molecular flexibility index (Phi) is 6.56. The molecule has 0 radical (unpaired) electrons. The van der Waals surface area contributed by atoms with Gasteiger partial charge >= 0.3 is 0 Å². The van der Waals surface area contributed by atoms with Crippen molar-refractivity contribution in [3.8, 4) is 22.3 Å². The summed E-state index contributed by atoms with van der Waals surface area (Å²) in [7, 11) is 1.91. The molecule has 0 saturated carbocycles. The average molecular weight is 528 g/mol. The van der Waals surface area contributed by atoms with Gasteiger partial charge in [-0.2, -0.15) is 5.10 Å². The number of aliphatic hydroxyl groups is 1. The molecule has 1 aromatic heterocycles. The molecule has 9 nitrogen and oxygen atoms in total. The highest BCUT2D eigenvalue weighted by Gasteiger charge is 2.51. The molecule has 9 heteroatoms. The Balaban J connectivity index is 1.22. The number of hydrogen-bond donors (Lipinski definition) is 1. The highest BCUT2D eigenvalue weighted by Crippen LogP contribution is 2.35. The number of amidine groups is 1. The largest absolute Gasteiger partial charge is 0.384 e. The maximum atomic E-state index is 13.7. The Morgan fingerprint density at radius 2 is 1.72 bits per heavy atom. The van der Waals surface area contributed by atoms with Gasteiger partial charge in [-0.25, -0.2) is 4.99 Å². The van der Waals surface area contributed by atoms with Gasteiger partial charge in [-0.05, 0) is 36.0 Å². The Labute approximate surface area is 227 Å².